The van der Waals surface area contributed by atoms with Crippen molar-refractivity contribution in [2.24, 2.45) is 5.41 Å². The molecule has 1 aliphatic rings. The minimum atomic E-state index is -1.19. The number of methoxy groups -OCH3 is 1. The third kappa shape index (κ3) is 3.35. The molecule has 1 saturated carbocycles. The summed E-state index contributed by atoms with van der Waals surface area (Å²) in [5.74, 6) is -0.272. The van der Waals surface area contributed by atoms with Crippen LogP contribution >= 0.6 is 0 Å². The summed E-state index contributed by atoms with van der Waals surface area (Å²) < 4.78 is 5.15. The molecule has 1 aromatic rings. The second-order valence-electron chi connectivity index (χ2n) is 6.78. The Hall–Kier alpha value is -1.39. The predicted molar refractivity (Wildman–Crippen MR) is 95.7 cm³/mol. The Morgan fingerprint density at radius 3 is 2.29 bits per heavy atom. The fourth-order valence-corrected chi connectivity index (χ4v) is 4.19. The van der Waals surface area contributed by atoms with Crippen molar-refractivity contribution in [2.75, 3.05) is 26.7 Å². The van der Waals surface area contributed by atoms with Crippen molar-refractivity contribution in [2.45, 2.75) is 51.6 Å². The van der Waals surface area contributed by atoms with Crippen LogP contribution in [-0.4, -0.2) is 42.7 Å². The van der Waals surface area contributed by atoms with Crippen LogP contribution in [-0.2, 0) is 15.1 Å². The van der Waals surface area contributed by atoms with Gasteiger partial charge in [0.2, 0.25) is 0 Å². The molecule has 1 atom stereocenters. The van der Waals surface area contributed by atoms with Gasteiger partial charge in [-0.15, -0.1) is 0 Å². The number of benzene rings is 1. The normalized spacial score (nSPS) is 19.2. The minimum Gasteiger partial charge on any atom is -0.468 e. The van der Waals surface area contributed by atoms with E-state index < -0.39 is 11.0 Å². The number of carbonyl (C=O) groups is 1. The van der Waals surface area contributed by atoms with Crippen molar-refractivity contribution in [3.63, 3.8) is 0 Å². The Morgan fingerprint density at radius 2 is 1.79 bits per heavy atom. The number of hydrogen-bond acceptors (Lipinski definition) is 4. The van der Waals surface area contributed by atoms with Gasteiger partial charge in [0.05, 0.1) is 7.11 Å². The van der Waals surface area contributed by atoms with E-state index >= 15 is 0 Å². The van der Waals surface area contributed by atoms with E-state index in [0.717, 1.165) is 38.0 Å². The zero-order valence-electron chi connectivity index (χ0n) is 15.3. The lowest BCUT2D eigenvalue weighted by Gasteiger charge is -2.44. The fourth-order valence-electron chi connectivity index (χ4n) is 4.19. The van der Waals surface area contributed by atoms with Gasteiger partial charge in [0.15, 0.2) is 0 Å². The third-order valence-corrected chi connectivity index (χ3v) is 5.76. The van der Waals surface area contributed by atoms with Gasteiger partial charge in [-0.05, 0) is 37.9 Å². The van der Waals surface area contributed by atoms with Gasteiger partial charge in [0.25, 0.3) is 0 Å². The summed E-state index contributed by atoms with van der Waals surface area (Å²) in [6, 6.07) is 9.67. The molecule has 134 valence electrons. The number of hydrogen-bond donors (Lipinski definition) is 1. The van der Waals surface area contributed by atoms with Crippen LogP contribution in [0.15, 0.2) is 30.3 Å². The molecule has 24 heavy (non-hydrogen) atoms. The summed E-state index contributed by atoms with van der Waals surface area (Å²) in [6.45, 7) is 6.88. The Kier molecular flexibility index (Phi) is 6.41. The van der Waals surface area contributed by atoms with Crippen LogP contribution in [0.3, 0.4) is 0 Å². The van der Waals surface area contributed by atoms with Gasteiger partial charge in [-0.25, -0.2) is 0 Å². The van der Waals surface area contributed by atoms with E-state index in [1.165, 1.54) is 7.11 Å². The van der Waals surface area contributed by atoms with Crippen molar-refractivity contribution >= 4 is 5.97 Å². The number of ether oxygens (including phenoxy) is 1. The molecule has 2 rings (SSSR count). The number of esters is 1. The van der Waals surface area contributed by atoms with E-state index in [9.17, 15) is 9.90 Å². The highest BCUT2D eigenvalue weighted by Crippen LogP contribution is 2.53. The monoisotopic (exact) mass is 333 g/mol. The van der Waals surface area contributed by atoms with Gasteiger partial charge in [-0.1, -0.05) is 57.0 Å². The maximum absolute atomic E-state index is 12.7. The molecular weight excluding hydrogens is 302 g/mol. The standard InChI is InChI=1S/C20H31NO3/c1-4-21(5-2)16-15-20(23,17-11-7-6-8-12-17)19(18(22)24-3)13-9-10-14-19/h6-8,11-12,23H,4-5,9-10,13-16H2,1-3H3. The highest BCUT2D eigenvalue weighted by atomic mass is 16.5. The molecule has 0 radical (unpaired) electrons. The van der Waals surface area contributed by atoms with Crippen LogP contribution in [0.4, 0.5) is 0 Å². The number of nitrogens with zero attached hydrogens (tertiary/aromatic N) is 1. The highest BCUT2D eigenvalue weighted by Gasteiger charge is 2.58. The van der Waals surface area contributed by atoms with Gasteiger partial charge in [0, 0.05) is 6.54 Å². The lowest BCUT2D eigenvalue weighted by molar-refractivity contribution is -0.177. The van der Waals surface area contributed by atoms with Gasteiger partial charge in [-0.2, -0.15) is 0 Å². The van der Waals surface area contributed by atoms with Crippen LogP contribution in [0, 0.1) is 5.41 Å². The third-order valence-electron chi connectivity index (χ3n) is 5.76. The molecule has 0 aromatic heterocycles. The lowest BCUT2D eigenvalue weighted by atomic mass is 9.65. The van der Waals surface area contributed by atoms with E-state index in [-0.39, 0.29) is 5.97 Å². The molecule has 0 bridgehead atoms. The van der Waals surface area contributed by atoms with Crippen molar-refractivity contribution in [3.05, 3.63) is 35.9 Å². The lowest BCUT2D eigenvalue weighted by Crippen LogP contribution is -2.51. The van der Waals surface area contributed by atoms with Crippen LogP contribution in [0.25, 0.3) is 0 Å². The van der Waals surface area contributed by atoms with Gasteiger partial charge >= 0.3 is 5.97 Å². The molecule has 0 aliphatic heterocycles. The topological polar surface area (TPSA) is 49.8 Å². The van der Waals surface area contributed by atoms with Gasteiger partial charge < -0.3 is 14.7 Å². The summed E-state index contributed by atoms with van der Waals surface area (Å²) in [5.41, 5.74) is -1.21. The van der Waals surface area contributed by atoms with Gasteiger partial charge in [0.1, 0.15) is 11.0 Å². The Balaban J connectivity index is 2.43. The molecule has 1 fully saturated rings. The van der Waals surface area contributed by atoms with Crippen molar-refractivity contribution in [1.82, 2.24) is 4.90 Å². The van der Waals surface area contributed by atoms with Crippen LogP contribution in [0.1, 0.15) is 51.5 Å². The number of rotatable bonds is 8. The summed E-state index contributed by atoms with van der Waals surface area (Å²) in [6.07, 6.45) is 3.81. The Labute approximate surface area is 145 Å². The summed E-state index contributed by atoms with van der Waals surface area (Å²) >= 11 is 0. The first-order valence-electron chi connectivity index (χ1n) is 9.12. The first-order valence-corrected chi connectivity index (χ1v) is 9.12. The summed E-state index contributed by atoms with van der Waals surface area (Å²) in [7, 11) is 1.43. The molecule has 1 N–H and O–H groups in total. The average molecular weight is 333 g/mol. The Bertz CT molecular complexity index is 521. The van der Waals surface area contributed by atoms with Crippen LogP contribution in [0.2, 0.25) is 0 Å². The molecule has 1 unspecified atom stereocenters. The highest BCUT2D eigenvalue weighted by molar-refractivity contribution is 5.79. The average Bonchev–Trinajstić information content (AvgIpc) is 3.14. The minimum absolute atomic E-state index is 0.272. The maximum Gasteiger partial charge on any atom is 0.315 e. The molecule has 0 saturated heterocycles. The van der Waals surface area contributed by atoms with E-state index in [0.29, 0.717) is 19.3 Å². The van der Waals surface area contributed by atoms with Crippen molar-refractivity contribution < 1.29 is 14.6 Å². The van der Waals surface area contributed by atoms with Gasteiger partial charge in [-0.3, -0.25) is 4.79 Å². The van der Waals surface area contributed by atoms with E-state index in [2.05, 4.69) is 18.7 Å². The number of aliphatic hydroxyl groups is 1. The van der Waals surface area contributed by atoms with E-state index in [1.807, 2.05) is 30.3 Å². The SMILES string of the molecule is CCN(CC)CCC(O)(c1ccccc1)C1(C(=O)OC)CCCC1. The second kappa shape index (κ2) is 8.13. The maximum atomic E-state index is 12.7. The van der Waals surface area contributed by atoms with E-state index in [1.54, 1.807) is 0 Å². The van der Waals surface area contributed by atoms with Crippen molar-refractivity contribution in [1.29, 1.82) is 0 Å². The molecule has 0 amide bonds. The summed E-state index contributed by atoms with van der Waals surface area (Å²) in [5, 5.41) is 11.8. The molecule has 4 nitrogen and oxygen atoms in total. The predicted octanol–water partition coefficient (Wildman–Crippen LogP) is 3.34. The molecular formula is C20H31NO3. The smallest absolute Gasteiger partial charge is 0.315 e. The molecule has 0 spiro atoms. The molecule has 4 heteroatoms. The second-order valence-corrected chi connectivity index (χ2v) is 6.78. The number of carbonyl (C=O) groups excluding carboxylic acids is 1. The largest absolute Gasteiger partial charge is 0.468 e. The molecule has 1 aliphatic carbocycles. The first kappa shape index (κ1) is 18.9. The fraction of sp³-hybridized carbons (Fsp3) is 0.650. The zero-order valence-corrected chi connectivity index (χ0v) is 15.3. The van der Waals surface area contributed by atoms with Crippen LogP contribution < -0.4 is 0 Å². The zero-order chi connectivity index (χ0) is 17.6. The summed E-state index contributed by atoms with van der Waals surface area (Å²) in [4.78, 5) is 15.0. The Morgan fingerprint density at radius 1 is 1.21 bits per heavy atom. The van der Waals surface area contributed by atoms with E-state index in [4.69, 9.17) is 4.74 Å². The van der Waals surface area contributed by atoms with Crippen LogP contribution in [0.5, 0.6) is 0 Å². The first-order chi connectivity index (χ1) is 11.5. The quantitative estimate of drug-likeness (QED) is 0.741. The van der Waals surface area contributed by atoms with Crippen molar-refractivity contribution in [3.8, 4) is 0 Å². The molecule has 1 aromatic carbocycles. The molecule has 0 heterocycles.